The van der Waals surface area contributed by atoms with Crippen LogP contribution in [0, 0.1) is 5.82 Å². The van der Waals surface area contributed by atoms with Gasteiger partial charge in [0.25, 0.3) is 0 Å². The highest BCUT2D eigenvalue weighted by molar-refractivity contribution is 5.83. The topological polar surface area (TPSA) is 88.0 Å². The van der Waals surface area contributed by atoms with E-state index in [1.165, 1.54) is 0 Å². The number of hydrogen-bond donors (Lipinski definition) is 3. The zero-order valence-corrected chi connectivity index (χ0v) is 17.4. The highest BCUT2D eigenvalue weighted by Crippen LogP contribution is 2.34. The van der Waals surface area contributed by atoms with E-state index >= 15 is 4.39 Å². The fourth-order valence-corrected chi connectivity index (χ4v) is 3.99. The maximum atomic E-state index is 15.1. The average molecular weight is 429 g/mol. The van der Waals surface area contributed by atoms with Gasteiger partial charge >= 0.3 is 5.97 Å². The third-order valence-electron chi connectivity index (χ3n) is 5.99. The first-order chi connectivity index (χ1) is 15.0. The zero-order valence-electron chi connectivity index (χ0n) is 17.4. The molecule has 0 amide bonds. The predicted octanol–water partition coefficient (Wildman–Crippen LogP) is 3.75. The van der Waals surface area contributed by atoms with Gasteiger partial charge in [0.05, 0.1) is 12.7 Å². The summed E-state index contributed by atoms with van der Waals surface area (Å²) < 4.78 is 26.4. The quantitative estimate of drug-likeness (QED) is 0.563. The van der Waals surface area contributed by atoms with Gasteiger partial charge in [-0.2, -0.15) is 0 Å². The van der Waals surface area contributed by atoms with Gasteiger partial charge in [0, 0.05) is 43.9 Å². The number of hydrogen-bond acceptors (Lipinski definition) is 5. The van der Waals surface area contributed by atoms with Crippen molar-refractivity contribution in [2.75, 3.05) is 25.1 Å². The lowest BCUT2D eigenvalue weighted by Crippen LogP contribution is -2.50. The standard InChI is InChI=1S/C24H28FNO5/c25-22-16(8-11-27)2-1-3-21(22)20-7-4-18(14-17(20)15-31-19-5-6-19)26-24(23(28)29)9-12-30-13-10-24/h1-4,7,14,19,26-27H,5-6,8-13,15H2,(H,28,29). The number of carboxylic acid groups (broad SMARTS) is 1. The largest absolute Gasteiger partial charge is 0.480 e. The van der Waals surface area contributed by atoms with Gasteiger partial charge in [-0.15, -0.1) is 0 Å². The first kappa shape index (κ1) is 21.7. The van der Waals surface area contributed by atoms with E-state index in [1.807, 2.05) is 12.1 Å². The Balaban J connectivity index is 1.68. The van der Waals surface area contributed by atoms with Crippen molar-refractivity contribution < 1.29 is 28.9 Å². The minimum Gasteiger partial charge on any atom is -0.480 e. The summed E-state index contributed by atoms with van der Waals surface area (Å²) in [5, 5.41) is 22.3. The van der Waals surface area contributed by atoms with Crippen LogP contribution in [-0.2, 0) is 27.3 Å². The van der Waals surface area contributed by atoms with Crippen molar-refractivity contribution in [3.63, 3.8) is 0 Å². The van der Waals surface area contributed by atoms with E-state index in [-0.39, 0.29) is 24.9 Å². The van der Waals surface area contributed by atoms with Crippen LogP contribution in [0.15, 0.2) is 36.4 Å². The fraction of sp³-hybridized carbons (Fsp3) is 0.458. The monoisotopic (exact) mass is 429 g/mol. The Morgan fingerprint density at radius 2 is 1.94 bits per heavy atom. The van der Waals surface area contributed by atoms with E-state index in [2.05, 4.69) is 5.32 Å². The van der Waals surface area contributed by atoms with E-state index in [1.54, 1.807) is 24.3 Å². The van der Waals surface area contributed by atoms with Crippen LogP contribution in [0.1, 0.15) is 36.8 Å². The third-order valence-corrected chi connectivity index (χ3v) is 5.99. The molecule has 2 aliphatic rings. The molecular formula is C24H28FNO5. The summed E-state index contributed by atoms with van der Waals surface area (Å²) in [5.74, 6) is -1.25. The predicted molar refractivity (Wildman–Crippen MR) is 114 cm³/mol. The molecule has 1 aliphatic heterocycles. The fourth-order valence-electron chi connectivity index (χ4n) is 3.99. The van der Waals surface area contributed by atoms with Crippen molar-refractivity contribution >= 4 is 11.7 Å². The molecule has 0 unspecified atom stereocenters. The number of aliphatic carboxylic acids is 1. The van der Waals surface area contributed by atoms with E-state index in [9.17, 15) is 15.0 Å². The molecule has 2 fully saturated rings. The number of aliphatic hydroxyl groups is 1. The van der Waals surface area contributed by atoms with Gasteiger partial charge in [-0.1, -0.05) is 24.3 Å². The number of halogens is 1. The van der Waals surface area contributed by atoms with Crippen LogP contribution < -0.4 is 5.32 Å². The number of carboxylic acids is 1. The van der Waals surface area contributed by atoms with Crippen molar-refractivity contribution in [1.29, 1.82) is 0 Å². The second-order valence-electron chi connectivity index (χ2n) is 8.26. The van der Waals surface area contributed by atoms with E-state index < -0.39 is 11.5 Å². The molecule has 6 nitrogen and oxygen atoms in total. The normalized spacial score (nSPS) is 18.0. The van der Waals surface area contributed by atoms with Gasteiger partial charge in [0.1, 0.15) is 11.4 Å². The molecule has 2 aromatic rings. The number of benzene rings is 2. The molecule has 31 heavy (non-hydrogen) atoms. The van der Waals surface area contributed by atoms with Crippen molar-refractivity contribution in [2.45, 2.75) is 50.4 Å². The molecule has 166 valence electrons. The van der Waals surface area contributed by atoms with Crippen molar-refractivity contribution in [3.8, 4) is 11.1 Å². The van der Waals surface area contributed by atoms with E-state index in [0.29, 0.717) is 55.0 Å². The summed E-state index contributed by atoms with van der Waals surface area (Å²) in [4.78, 5) is 12.0. The first-order valence-electron chi connectivity index (χ1n) is 10.7. The van der Waals surface area contributed by atoms with Crippen molar-refractivity contribution in [3.05, 3.63) is 53.3 Å². The molecule has 0 atom stereocenters. The zero-order chi connectivity index (χ0) is 21.8. The lowest BCUT2D eigenvalue weighted by Gasteiger charge is -2.35. The van der Waals surface area contributed by atoms with Gasteiger partial charge in [-0.3, -0.25) is 0 Å². The number of nitrogens with one attached hydrogen (secondary N) is 1. The van der Waals surface area contributed by atoms with Crippen LogP contribution in [0.2, 0.25) is 0 Å². The Morgan fingerprint density at radius 3 is 2.61 bits per heavy atom. The molecular weight excluding hydrogens is 401 g/mol. The molecule has 4 rings (SSSR count). The molecule has 1 saturated heterocycles. The maximum Gasteiger partial charge on any atom is 0.329 e. The van der Waals surface area contributed by atoms with Crippen LogP contribution in [0.4, 0.5) is 10.1 Å². The number of rotatable bonds is 9. The second kappa shape index (κ2) is 9.34. The molecule has 0 aromatic heterocycles. The lowest BCUT2D eigenvalue weighted by atomic mass is 9.89. The van der Waals surface area contributed by atoms with Crippen molar-refractivity contribution in [2.24, 2.45) is 0 Å². The Hall–Kier alpha value is -2.48. The molecule has 2 aromatic carbocycles. The molecule has 1 heterocycles. The molecule has 0 bridgehead atoms. The Labute approximate surface area is 181 Å². The van der Waals surface area contributed by atoms with Crippen molar-refractivity contribution in [1.82, 2.24) is 0 Å². The average Bonchev–Trinajstić information content (AvgIpc) is 3.59. The van der Waals surface area contributed by atoms with E-state index in [0.717, 1.165) is 18.4 Å². The second-order valence-corrected chi connectivity index (χ2v) is 8.26. The van der Waals surface area contributed by atoms with Gasteiger partial charge in [-0.25, -0.2) is 9.18 Å². The molecule has 0 radical (unpaired) electrons. The summed E-state index contributed by atoms with van der Waals surface area (Å²) in [6, 6.07) is 10.6. The molecule has 1 saturated carbocycles. The highest BCUT2D eigenvalue weighted by atomic mass is 19.1. The van der Waals surface area contributed by atoms with Gasteiger partial charge < -0.3 is 25.0 Å². The molecule has 3 N–H and O–H groups in total. The lowest BCUT2D eigenvalue weighted by molar-refractivity contribution is -0.145. The molecule has 0 spiro atoms. The van der Waals surface area contributed by atoms with Crippen LogP contribution in [0.5, 0.6) is 0 Å². The van der Waals surface area contributed by atoms with Crippen LogP contribution >= 0.6 is 0 Å². The summed E-state index contributed by atoms with van der Waals surface area (Å²) >= 11 is 0. The maximum absolute atomic E-state index is 15.1. The first-order valence-corrected chi connectivity index (χ1v) is 10.7. The summed E-state index contributed by atoms with van der Waals surface area (Å²) in [5.41, 5.74) is 1.99. The Kier molecular flexibility index (Phi) is 6.55. The highest BCUT2D eigenvalue weighted by Gasteiger charge is 2.40. The third kappa shape index (κ3) is 4.89. The van der Waals surface area contributed by atoms with Gasteiger partial charge in [-0.05, 0) is 48.1 Å². The molecule has 7 heteroatoms. The number of anilines is 1. The Morgan fingerprint density at radius 1 is 1.16 bits per heavy atom. The SMILES string of the molecule is O=C(O)C1(Nc2ccc(-c3cccc(CCO)c3F)c(COC3CC3)c2)CCOCC1. The number of aliphatic hydroxyl groups excluding tert-OH is 1. The summed E-state index contributed by atoms with van der Waals surface area (Å²) in [6.07, 6.45) is 3.27. The summed E-state index contributed by atoms with van der Waals surface area (Å²) in [6.45, 7) is 0.972. The smallest absolute Gasteiger partial charge is 0.329 e. The van der Waals surface area contributed by atoms with E-state index in [4.69, 9.17) is 9.47 Å². The van der Waals surface area contributed by atoms with Crippen LogP contribution in [-0.4, -0.2) is 47.6 Å². The summed E-state index contributed by atoms with van der Waals surface area (Å²) in [7, 11) is 0. The minimum absolute atomic E-state index is 0.123. The van der Waals surface area contributed by atoms with Gasteiger partial charge in [0.15, 0.2) is 0 Å². The number of carbonyl (C=O) groups is 1. The Bertz CT molecular complexity index is 938. The minimum atomic E-state index is -1.08. The molecule has 1 aliphatic carbocycles. The van der Waals surface area contributed by atoms with Crippen LogP contribution in [0.25, 0.3) is 11.1 Å². The van der Waals surface area contributed by atoms with Gasteiger partial charge in [0.2, 0.25) is 0 Å². The van der Waals surface area contributed by atoms with Crippen LogP contribution in [0.3, 0.4) is 0 Å². The number of ether oxygens (including phenoxy) is 2.